The Morgan fingerprint density at radius 2 is 1.73 bits per heavy atom. The Morgan fingerprint density at radius 3 is 2.13 bits per heavy atom. The van der Waals surface area contributed by atoms with Gasteiger partial charge in [0.1, 0.15) is 11.9 Å². The Bertz CT molecular complexity index is 232. The molecule has 0 heterocycles. The second-order valence-electron chi connectivity index (χ2n) is 5.32. The molecule has 0 saturated heterocycles. The minimum atomic E-state index is -0.247. The summed E-state index contributed by atoms with van der Waals surface area (Å²) in [7, 11) is 0. The summed E-state index contributed by atoms with van der Waals surface area (Å²) >= 11 is 0. The van der Waals surface area contributed by atoms with Crippen molar-refractivity contribution in [2.24, 2.45) is 11.3 Å². The van der Waals surface area contributed by atoms with Crippen LogP contribution in [0.1, 0.15) is 46.5 Å². The number of rotatable bonds is 3. The fraction of sp³-hybridized carbons (Fsp3) is 0.833. The van der Waals surface area contributed by atoms with Crippen LogP contribution in [0.2, 0.25) is 0 Å². The van der Waals surface area contributed by atoms with Gasteiger partial charge in [-0.25, -0.2) is 0 Å². The van der Waals surface area contributed by atoms with E-state index in [-0.39, 0.29) is 17.4 Å². The molecule has 0 spiro atoms. The van der Waals surface area contributed by atoms with Gasteiger partial charge in [-0.2, -0.15) is 0 Å². The molecule has 3 heteroatoms. The summed E-state index contributed by atoms with van der Waals surface area (Å²) in [6.07, 6.45) is 3.39. The van der Waals surface area contributed by atoms with Crippen LogP contribution in [0.4, 0.5) is 0 Å². The number of ether oxygens (including phenoxy) is 1. The number of hydrogen-bond acceptors (Lipinski definition) is 3. The third-order valence-electron chi connectivity index (χ3n) is 3.03. The summed E-state index contributed by atoms with van der Waals surface area (Å²) < 4.78 is 4.90. The fourth-order valence-electron chi connectivity index (χ4n) is 2.15. The summed E-state index contributed by atoms with van der Waals surface area (Å²) in [5.41, 5.74) is -0.247. The predicted molar refractivity (Wildman–Crippen MR) is 57.4 cm³/mol. The molecule has 1 rings (SSSR count). The van der Waals surface area contributed by atoms with Gasteiger partial charge in [0.25, 0.3) is 6.47 Å². The monoisotopic (exact) mass is 212 g/mol. The maximum Gasteiger partial charge on any atom is 0.293 e. The van der Waals surface area contributed by atoms with E-state index < -0.39 is 0 Å². The van der Waals surface area contributed by atoms with Crippen LogP contribution < -0.4 is 0 Å². The summed E-state index contributed by atoms with van der Waals surface area (Å²) in [5, 5.41) is 0. The maximum absolute atomic E-state index is 12.0. The van der Waals surface area contributed by atoms with Crippen molar-refractivity contribution < 1.29 is 14.3 Å². The quantitative estimate of drug-likeness (QED) is 0.674. The first-order chi connectivity index (χ1) is 6.95. The molecule has 15 heavy (non-hydrogen) atoms. The van der Waals surface area contributed by atoms with Crippen LogP contribution in [0, 0.1) is 11.3 Å². The van der Waals surface area contributed by atoms with Crippen molar-refractivity contribution in [2.45, 2.75) is 52.6 Å². The first-order valence-electron chi connectivity index (χ1n) is 5.58. The van der Waals surface area contributed by atoms with Gasteiger partial charge in [-0.1, -0.05) is 20.8 Å². The molecule has 1 fully saturated rings. The Morgan fingerprint density at radius 1 is 1.20 bits per heavy atom. The highest BCUT2D eigenvalue weighted by atomic mass is 16.5. The Kier molecular flexibility index (Phi) is 3.89. The van der Waals surface area contributed by atoms with Crippen LogP contribution in [0.5, 0.6) is 0 Å². The van der Waals surface area contributed by atoms with E-state index in [0.29, 0.717) is 12.3 Å². The van der Waals surface area contributed by atoms with Crippen molar-refractivity contribution in [1.82, 2.24) is 0 Å². The molecular formula is C12H20O3. The molecule has 1 saturated carbocycles. The molecule has 0 bridgehead atoms. The Hall–Kier alpha value is -0.860. The summed E-state index contributed by atoms with van der Waals surface area (Å²) in [6, 6.07) is 0. The van der Waals surface area contributed by atoms with Gasteiger partial charge in [0.2, 0.25) is 0 Å². The molecule has 0 aromatic rings. The SMILES string of the molecule is CC(C)(C)C(=O)C1CCC(OC=O)CC1. The van der Waals surface area contributed by atoms with Gasteiger partial charge in [-0.05, 0) is 25.7 Å². The third kappa shape index (κ3) is 3.33. The van der Waals surface area contributed by atoms with E-state index in [4.69, 9.17) is 4.74 Å². The summed E-state index contributed by atoms with van der Waals surface area (Å²) in [6.45, 7) is 6.40. The molecule has 1 aliphatic carbocycles. The maximum atomic E-state index is 12.0. The zero-order valence-corrected chi connectivity index (χ0v) is 9.79. The standard InChI is InChI=1S/C12H20O3/c1-12(2,3)11(14)9-4-6-10(7-5-9)15-8-13/h8-10H,4-7H2,1-3H3. The lowest BCUT2D eigenvalue weighted by molar-refractivity contribution is -0.137. The molecule has 0 aromatic carbocycles. The number of hydrogen-bond donors (Lipinski definition) is 0. The molecule has 0 unspecified atom stereocenters. The molecule has 86 valence electrons. The molecule has 0 N–H and O–H groups in total. The minimum absolute atomic E-state index is 0.0338. The first-order valence-corrected chi connectivity index (χ1v) is 5.58. The van der Waals surface area contributed by atoms with Crippen molar-refractivity contribution in [2.75, 3.05) is 0 Å². The van der Waals surface area contributed by atoms with Crippen molar-refractivity contribution in [1.29, 1.82) is 0 Å². The van der Waals surface area contributed by atoms with Gasteiger partial charge in [-0.3, -0.25) is 9.59 Å². The van der Waals surface area contributed by atoms with Gasteiger partial charge in [0.15, 0.2) is 0 Å². The van der Waals surface area contributed by atoms with Crippen LogP contribution in [-0.2, 0) is 14.3 Å². The lowest BCUT2D eigenvalue weighted by atomic mass is 9.76. The highest BCUT2D eigenvalue weighted by molar-refractivity contribution is 5.86. The van der Waals surface area contributed by atoms with Crippen molar-refractivity contribution in [3.63, 3.8) is 0 Å². The van der Waals surface area contributed by atoms with Crippen LogP contribution in [0.15, 0.2) is 0 Å². The van der Waals surface area contributed by atoms with Crippen LogP contribution >= 0.6 is 0 Å². The topological polar surface area (TPSA) is 43.4 Å². The number of carbonyl (C=O) groups excluding carboxylic acids is 2. The Balaban J connectivity index is 2.44. The van der Waals surface area contributed by atoms with E-state index in [1.807, 2.05) is 20.8 Å². The normalized spacial score (nSPS) is 27.1. The predicted octanol–water partition coefficient (Wildman–Crippen LogP) is 2.33. The van der Waals surface area contributed by atoms with E-state index in [0.717, 1.165) is 25.7 Å². The molecular weight excluding hydrogens is 192 g/mol. The second-order valence-corrected chi connectivity index (χ2v) is 5.32. The Labute approximate surface area is 91.2 Å². The van der Waals surface area contributed by atoms with E-state index >= 15 is 0 Å². The molecule has 3 nitrogen and oxygen atoms in total. The molecule has 0 aromatic heterocycles. The molecule has 0 aliphatic heterocycles. The number of carbonyl (C=O) groups is 2. The van der Waals surface area contributed by atoms with Crippen LogP contribution in [0.3, 0.4) is 0 Å². The van der Waals surface area contributed by atoms with Crippen LogP contribution in [-0.4, -0.2) is 18.4 Å². The largest absolute Gasteiger partial charge is 0.465 e. The van der Waals surface area contributed by atoms with Crippen molar-refractivity contribution >= 4 is 12.3 Å². The van der Waals surface area contributed by atoms with Crippen molar-refractivity contribution in [3.05, 3.63) is 0 Å². The number of ketones is 1. The molecule has 0 radical (unpaired) electrons. The van der Waals surface area contributed by atoms with Gasteiger partial charge >= 0.3 is 0 Å². The summed E-state index contributed by atoms with van der Waals surface area (Å²) in [5.74, 6) is 0.503. The second kappa shape index (κ2) is 4.77. The smallest absolute Gasteiger partial charge is 0.293 e. The first kappa shape index (κ1) is 12.2. The van der Waals surface area contributed by atoms with E-state index in [1.165, 1.54) is 0 Å². The summed E-state index contributed by atoms with van der Waals surface area (Å²) in [4.78, 5) is 22.1. The van der Waals surface area contributed by atoms with E-state index in [2.05, 4.69) is 0 Å². The van der Waals surface area contributed by atoms with Crippen molar-refractivity contribution in [3.8, 4) is 0 Å². The van der Waals surface area contributed by atoms with Gasteiger partial charge in [-0.15, -0.1) is 0 Å². The van der Waals surface area contributed by atoms with E-state index in [9.17, 15) is 9.59 Å². The third-order valence-corrected chi connectivity index (χ3v) is 3.03. The van der Waals surface area contributed by atoms with Gasteiger partial charge in [0, 0.05) is 11.3 Å². The number of Topliss-reactive ketones (excluding diaryl/α,β-unsaturated/α-hetero) is 1. The van der Waals surface area contributed by atoms with Gasteiger partial charge in [0.05, 0.1) is 0 Å². The lowest BCUT2D eigenvalue weighted by Gasteiger charge is -2.30. The van der Waals surface area contributed by atoms with Crippen LogP contribution in [0.25, 0.3) is 0 Å². The lowest BCUT2D eigenvalue weighted by Crippen LogP contribution is -2.33. The zero-order valence-electron chi connectivity index (χ0n) is 9.79. The molecule has 0 amide bonds. The van der Waals surface area contributed by atoms with Gasteiger partial charge < -0.3 is 4.74 Å². The zero-order chi connectivity index (χ0) is 11.5. The molecule has 0 atom stereocenters. The fourth-order valence-corrected chi connectivity index (χ4v) is 2.15. The highest BCUT2D eigenvalue weighted by Gasteiger charge is 2.33. The van der Waals surface area contributed by atoms with E-state index in [1.54, 1.807) is 0 Å². The molecule has 1 aliphatic rings. The minimum Gasteiger partial charge on any atom is -0.465 e. The highest BCUT2D eigenvalue weighted by Crippen LogP contribution is 2.32. The average Bonchev–Trinajstić information content (AvgIpc) is 2.17. The average molecular weight is 212 g/mol.